The number of aromatic nitrogens is 2. The SMILES string of the molecule is Oc1ccc2[nH]cc(CCCc3ccccn3)c2c1. The lowest BCUT2D eigenvalue weighted by Gasteiger charge is -2.01. The second kappa shape index (κ2) is 5.14. The van der Waals surface area contributed by atoms with Crippen molar-refractivity contribution in [1.29, 1.82) is 0 Å². The largest absolute Gasteiger partial charge is 0.508 e. The predicted molar refractivity (Wildman–Crippen MR) is 76.2 cm³/mol. The topological polar surface area (TPSA) is 48.9 Å². The highest BCUT2D eigenvalue weighted by Crippen LogP contribution is 2.24. The van der Waals surface area contributed by atoms with Crippen molar-refractivity contribution in [3.63, 3.8) is 0 Å². The van der Waals surface area contributed by atoms with Crippen LogP contribution in [0.15, 0.2) is 48.8 Å². The molecule has 2 N–H and O–H groups in total. The highest BCUT2D eigenvalue weighted by atomic mass is 16.3. The number of phenolic OH excluding ortho intramolecular Hbond substituents is 1. The molecule has 96 valence electrons. The Morgan fingerprint density at radius 2 is 2.05 bits per heavy atom. The Morgan fingerprint density at radius 3 is 2.89 bits per heavy atom. The van der Waals surface area contributed by atoms with Gasteiger partial charge < -0.3 is 10.1 Å². The lowest BCUT2D eigenvalue weighted by Crippen LogP contribution is -1.91. The monoisotopic (exact) mass is 252 g/mol. The van der Waals surface area contributed by atoms with Crippen LogP contribution in [0.4, 0.5) is 0 Å². The van der Waals surface area contributed by atoms with Gasteiger partial charge in [0, 0.05) is 29.0 Å². The third-order valence-corrected chi connectivity index (χ3v) is 3.36. The minimum Gasteiger partial charge on any atom is -0.508 e. The molecule has 0 aliphatic rings. The summed E-state index contributed by atoms with van der Waals surface area (Å²) in [5.74, 6) is 0.318. The van der Waals surface area contributed by atoms with Crippen LogP contribution in [0.3, 0.4) is 0 Å². The predicted octanol–water partition coefficient (Wildman–Crippen LogP) is 3.44. The van der Waals surface area contributed by atoms with Gasteiger partial charge in [-0.25, -0.2) is 0 Å². The molecule has 0 aliphatic carbocycles. The van der Waals surface area contributed by atoms with E-state index in [0.29, 0.717) is 5.75 Å². The van der Waals surface area contributed by atoms with Crippen molar-refractivity contribution < 1.29 is 5.11 Å². The number of pyridine rings is 1. The first kappa shape index (κ1) is 11.8. The highest BCUT2D eigenvalue weighted by molar-refractivity contribution is 5.84. The van der Waals surface area contributed by atoms with Crippen molar-refractivity contribution in [2.45, 2.75) is 19.3 Å². The number of hydrogen-bond donors (Lipinski definition) is 2. The molecule has 1 aromatic carbocycles. The first-order chi connectivity index (χ1) is 9.33. The number of H-pyrrole nitrogens is 1. The minimum absolute atomic E-state index is 0.318. The van der Waals surface area contributed by atoms with Crippen LogP contribution < -0.4 is 0 Å². The third kappa shape index (κ3) is 2.60. The first-order valence-electron chi connectivity index (χ1n) is 6.52. The molecule has 0 radical (unpaired) electrons. The average Bonchev–Trinajstić information content (AvgIpc) is 2.83. The Labute approximate surface area is 111 Å². The molecule has 0 bridgehead atoms. The minimum atomic E-state index is 0.318. The van der Waals surface area contributed by atoms with E-state index in [2.05, 4.69) is 16.0 Å². The number of fused-ring (bicyclic) bond motifs is 1. The normalized spacial score (nSPS) is 10.9. The number of benzene rings is 1. The number of aromatic amines is 1. The van der Waals surface area contributed by atoms with Crippen LogP contribution in [0.25, 0.3) is 10.9 Å². The summed E-state index contributed by atoms with van der Waals surface area (Å²) < 4.78 is 0. The van der Waals surface area contributed by atoms with Crippen molar-refractivity contribution in [3.8, 4) is 5.75 Å². The van der Waals surface area contributed by atoms with E-state index in [1.54, 1.807) is 6.07 Å². The molecule has 0 atom stereocenters. The lowest BCUT2D eigenvalue weighted by atomic mass is 10.1. The third-order valence-electron chi connectivity index (χ3n) is 3.36. The van der Waals surface area contributed by atoms with Gasteiger partial charge in [-0.2, -0.15) is 0 Å². The molecule has 2 aromatic heterocycles. The number of aromatic hydroxyl groups is 1. The van der Waals surface area contributed by atoms with Crippen LogP contribution in [-0.4, -0.2) is 15.1 Å². The van der Waals surface area contributed by atoms with E-state index in [1.165, 1.54) is 5.56 Å². The Morgan fingerprint density at radius 1 is 1.11 bits per heavy atom. The van der Waals surface area contributed by atoms with Gasteiger partial charge in [0.25, 0.3) is 0 Å². The summed E-state index contributed by atoms with van der Waals surface area (Å²) in [7, 11) is 0. The van der Waals surface area contributed by atoms with E-state index in [0.717, 1.165) is 35.9 Å². The Hall–Kier alpha value is -2.29. The van der Waals surface area contributed by atoms with Gasteiger partial charge in [0.2, 0.25) is 0 Å². The van der Waals surface area contributed by atoms with E-state index >= 15 is 0 Å². The van der Waals surface area contributed by atoms with E-state index < -0.39 is 0 Å². The van der Waals surface area contributed by atoms with E-state index in [9.17, 15) is 5.11 Å². The Bertz CT molecular complexity index is 674. The molecule has 0 fully saturated rings. The molecule has 0 unspecified atom stereocenters. The van der Waals surface area contributed by atoms with Crippen LogP contribution in [0, 0.1) is 0 Å². The maximum atomic E-state index is 9.55. The molecular weight excluding hydrogens is 236 g/mol. The number of nitrogens with zero attached hydrogens (tertiary/aromatic N) is 1. The number of rotatable bonds is 4. The van der Waals surface area contributed by atoms with Gasteiger partial charge in [-0.1, -0.05) is 6.07 Å². The number of nitrogens with one attached hydrogen (secondary N) is 1. The van der Waals surface area contributed by atoms with Gasteiger partial charge in [0.15, 0.2) is 0 Å². The molecule has 0 saturated carbocycles. The maximum Gasteiger partial charge on any atom is 0.116 e. The van der Waals surface area contributed by atoms with Crippen LogP contribution in [0.2, 0.25) is 0 Å². The molecule has 3 aromatic rings. The summed E-state index contributed by atoms with van der Waals surface area (Å²) in [5, 5.41) is 10.7. The van der Waals surface area contributed by atoms with Gasteiger partial charge >= 0.3 is 0 Å². The van der Waals surface area contributed by atoms with Crippen LogP contribution in [0.5, 0.6) is 5.75 Å². The lowest BCUT2D eigenvalue weighted by molar-refractivity contribution is 0.476. The van der Waals surface area contributed by atoms with Crippen molar-refractivity contribution in [2.24, 2.45) is 0 Å². The van der Waals surface area contributed by atoms with E-state index in [-0.39, 0.29) is 0 Å². The molecule has 3 heteroatoms. The highest BCUT2D eigenvalue weighted by Gasteiger charge is 2.04. The first-order valence-corrected chi connectivity index (χ1v) is 6.52. The fraction of sp³-hybridized carbons (Fsp3) is 0.188. The summed E-state index contributed by atoms with van der Waals surface area (Å²) in [5.41, 5.74) is 3.46. The van der Waals surface area contributed by atoms with Crippen LogP contribution in [-0.2, 0) is 12.8 Å². The number of phenols is 1. The van der Waals surface area contributed by atoms with Gasteiger partial charge in [-0.3, -0.25) is 4.98 Å². The molecule has 0 aliphatic heterocycles. The fourth-order valence-electron chi connectivity index (χ4n) is 2.38. The second-order valence-electron chi connectivity index (χ2n) is 4.72. The van der Waals surface area contributed by atoms with Crippen molar-refractivity contribution in [3.05, 3.63) is 60.0 Å². The standard InChI is InChI=1S/C16H16N2O/c19-14-7-8-16-15(10-14)12(11-18-16)4-3-6-13-5-1-2-9-17-13/h1-2,5,7-11,18-19H,3-4,6H2. The number of aryl methyl sites for hydroxylation is 2. The Kier molecular flexibility index (Phi) is 3.19. The zero-order chi connectivity index (χ0) is 13.1. The number of hydrogen-bond acceptors (Lipinski definition) is 2. The quantitative estimate of drug-likeness (QED) is 0.747. The molecule has 3 nitrogen and oxygen atoms in total. The molecule has 0 spiro atoms. The van der Waals surface area contributed by atoms with Crippen molar-refractivity contribution >= 4 is 10.9 Å². The van der Waals surface area contributed by atoms with Crippen LogP contribution in [0.1, 0.15) is 17.7 Å². The average molecular weight is 252 g/mol. The zero-order valence-corrected chi connectivity index (χ0v) is 10.6. The smallest absolute Gasteiger partial charge is 0.116 e. The zero-order valence-electron chi connectivity index (χ0n) is 10.6. The summed E-state index contributed by atoms with van der Waals surface area (Å²) in [6.45, 7) is 0. The van der Waals surface area contributed by atoms with Crippen molar-refractivity contribution in [1.82, 2.24) is 9.97 Å². The summed E-state index contributed by atoms with van der Waals surface area (Å²) in [4.78, 5) is 7.56. The van der Waals surface area contributed by atoms with Gasteiger partial charge in [0.1, 0.15) is 5.75 Å². The maximum absolute atomic E-state index is 9.55. The molecular formula is C16H16N2O. The molecule has 0 saturated heterocycles. The molecule has 0 amide bonds. The Balaban J connectivity index is 1.70. The van der Waals surface area contributed by atoms with Gasteiger partial charge in [0.05, 0.1) is 0 Å². The van der Waals surface area contributed by atoms with Gasteiger partial charge in [-0.15, -0.1) is 0 Å². The molecule has 2 heterocycles. The summed E-state index contributed by atoms with van der Waals surface area (Å²) in [6, 6.07) is 11.4. The van der Waals surface area contributed by atoms with Crippen molar-refractivity contribution in [2.75, 3.05) is 0 Å². The van der Waals surface area contributed by atoms with Gasteiger partial charge in [-0.05, 0) is 55.2 Å². The summed E-state index contributed by atoms with van der Waals surface area (Å²) in [6.07, 6.45) is 6.88. The molecule has 19 heavy (non-hydrogen) atoms. The molecule has 3 rings (SSSR count). The van der Waals surface area contributed by atoms with E-state index in [4.69, 9.17) is 0 Å². The fourth-order valence-corrected chi connectivity index (χ4v) is 2.38. The second-order valence-corrected chi connectivity index (χ2v) is 4.72. The van der Waals surface area contributed by atoms with Crippen LogP contribution >= 0.6 is 0 Å². The van der Waals surface area contributed by atoms with E-state index in [1.807, 2.05) is 36.7 Å². The summed E-state index contributed by atoms with van der Waals surface area (Å²) >= 11 is 0.